The molecule has 10 heteroatoms. The first-order chi connectivity index (χ1) is 16.6. The number of anilines is 1. The average Bonchev–Trinajstić information content (AvgIpc) is 3.63. The number of nitrogens with one attached hydrogen (secondary N) is 1. The molecule has 0 saturated heterocycles. The number of amides is 1. The van der Waals surface area contributed by atoms with Crippen LogP contribution in [0.3, 0.4) is 0 Å². The van der Waals surface area contributed by atoms with Crippen LogP contribution in [0, 0.1) is 5.92 Å². The molecule has 1 fully saturated rings. The summed E-state index contributed by atoms with van der Waals surface area (Å²) in [6.45, 7) is -1.34. The standard InChI is InChI=1S/C25H28F3N3O4/c1-29-22-7-6-20(15-2-3-15)21(30-22)8-9-35-19-5-4-16-10-17(12-23(32)33)24(34)31(13-18(16)11-19)14-25(26,27)28/h4-7,11,15,17H,2-3,8-10,12-14H2,1H3,(H,29,30)(H,32,33)/t17-/m0/s1. The van der Waals surface area contributed by atoms with Crippen molar-refractivity contribution in [2.45, 2.75) is 50.7 Å². The lowest BCUT2D eigenvalue weighted by atomic mass is 9.94. The van der Waals surface area contributed by atoms with Gasteiger partial charge in [0.1, 0.15) is 18.1 Å². The summed E-state index contributed by atoms with van der Waals surface area (Å²) >= 11 is 0. The quantitative estimate of drug-likeness (QED) is 0.548. The van der Waals surface area contributed by atoms with Crippen LogP contribution in [0.2, 0.25) is 0 Å². The molecule has 0 radical (unpaired) electrons. The summed E-state index contributed by atoms with van der Waals surface area (Å²) < 4.78 is 45.3. The number of hydrogen-bond donors (Lipinski definition) is 2. The molecular weight excluding hydrogens is 463 g/mol. The van der Waals surface area contributed by atoms with Crippen molar-refractivity contribution in [3.63, 3.8) is 0 Å². The van der Waals surface area contributed by atoms with Crippen LogP contribution < -0.4 is 10.1 Å². The van der Waals surface area contributed by atoms with E-state index in [1.54, 1.807) is 18.2 Å². The smallest absolute Gasteiger partial charge is 0.406 e. The van der Waals surface area contributed by atoms with E-state index >= 15 is 0 Å². The molecule has 2 aliphatic rings. The minimum atomic E-state index is -4.59. The van der Waals surface area contributed by atoms with Gasteiger partial charge in [0.2, 0.25) is 5.91 Å². The second-order valence-corrected chi connectivity index (χ2v) is 9.09. The fraction of sp³-hybridized carbons (Fsp3) is 0.480. The molecule has 0 bridgehead atoms. The van der Waals surface area contributed by atoms with E-state index < -0.39 is 36.9 Å². The van der Waals surface area contributed by atoms with E-state index in [2.05, 4.69) is 16.4 Å². The summed E-state index contributed by atoms with van der Waals surface area (Å²) in [4.78, 5) is 29.3. The van der Waals surface area contributed by atoms with E-state index in [9.17, 15) is 22.8 Å². The molecule has 0 spiro atoms. The van der Waals surface area contributed by atoms with E-state index in [-0.39, 0.29) is 13.0 Å². The van der Waals surface area contributed by atoms with Crippen LogP contribution in [-0.4, -0.2) is 53.2 Å². The Hall–Kier alpha value is -3.30. The Morgan fingerprint density at radius 2 is 2.00 bits per heavy atom. The molecule has 35 heavy (non-hydrogen) atoms. The number of fused-ring (bicyclic) bond motifs is 1. The normalized spacial score (nSPS) is 18.1. The predicted molar refractivity (Wildman–Crippen MR) is 122 cm³/mol. The number of rotatable bonds is 9. The van der Waals surface area contributed by atoms with Crippen LogP contribution in [0.25, 0.3) is 0 Å². The Kier molecular flexibility index (Phi) is 7.18. The van der Waals surface area contributed by atoms with Crippen molar-refractivity contribution in [1.82, 2.24) is 9.88 Å². The van der Waals surface area contributed by atoms with Crippen LogP contribution in [0.1, 0.15) is 47.6 Å². The lowest BCUT2D eigenvalue weighted by molar-refractivity contribution is -0.165. The van der Waals surface area contributed by atoms with Gasteiger partial charge in [0, 0.05) is 25.7 Å². The van der Waals surface area contributed by atoms with Crippen molar-refractivity contribution >= 4 is 17.7 Å². The van der Waals surface area contributed by atoms with Crippen molar-refractivity contribution in [3.8, 4) is 5.75 Å². The summed E-state index contributed by atoms with van der Waals surface area (Å²) in [5.74, 6) is -1.27. The highest BCUT2D eigenvalue weighted by Gasteiger charge is 2.38. The van der Waals surface area contributed by atoms with Gasteiger partial charge in [0.05, 0.1) is 18.9 Å². The Bertz CT molecular complexity index is 1100. The van der Waals surface area contributed by atoms with E-state index in [4.69, 9.17) is 9.84 Å². The Morgan fingerprint density at radius 1 is 1.23 bits per heavy atom. The maximum absolute atomic E-state index is 13.1. The number of carboxylic acids is 1. The number of aliphatic carboxylic acids is 1. The number of halogens is 3. The molecular formula is C25H28F3N3O4. The molecule has 1 aromatic heterocycles. The number of nitrogens with zero attached hydrogens (tertiary/aromatic N) is 2. The summed E-state index contributed by atoms with van der Waals surface area (Å²) in [5.41, 5.74) is 3.37. The number of pyridine rings is 1. The van der Waals surface area contributed by atoms with E-state index in [0.717, 1.165) is 24.4 Å². The molecule has 1 atom stereocenters. The predicted octanol–water partition coefficient (Wildman–Crippen LogP) is 4.16. The van der Waals surface area contributed by atoms with Crippen LogP contribution in [-0.2, 0) is 29.0 Å². The summed E-state index contributed by atoms with van der Waals surface area (Å²) in [5, 5.41) is 12.2. The molecule has 1 aromatic carbocycles. The second kappa shape index (κ2) is 10.1. The topological polar surface area (TPSA) is 91.8 Å². The first-order valence-corrected chi connectivity index (χ1v) is 11.6. The molecule has 1 saturated carbocycles. The second-order valence-electron chi connectivity index (χ2n) is 9.09. The number of carboxylic acid groups (broad SMARTS) is 1. The van der Waals surface area contributed by atoms with Crippen LogP contribution >= 0.6 is 0 Å². The fourth-order valence-corrected chi connectivity index (χ4v) is 4.54. The molecule has 2 aromatic rings. The van der Waals surface area contributed by atoms with Crippen LogP contribution in [0.5, 0.6) is 5.75 Å². The van der Waals surface area contributed by atoms with Gasteiger partial charge in [-0.2, -0.15) is 13.2 Å². The lowest BCUT2D eigenvalue weighted by Gasteiger charge is -2.25. The Balaban J connectivity index is 1.49. The maximum atomic E-state index is 13.1. The van der Waals surface area contributed by atoms with Gasteiger partial charge in [-0.05, 0) is 60.1 Å². The number of carbonyl (C=O) groups is 2. The lowest BCUT2D eigenvalue weighted by Crippen LogP contribution is -2.41. The molecule has 0 unspecified atom stereocenters. The number of carbonyl (C=O) groups excluding carboxylic acids is 1. The fourth-order valence-electron chi connectivity index (χ4n) is 4.54. The van der Waals surface area contributed by atoms with Crippen molar-refractivity contribution < 1.29 is 32.6 Å². The summed E-state index contributed by atoms with van der Waals surface area (Å²) in [6.07, 6.45) is -2.16. The van der Waals surface area contributed by atoms with Crippen molar-refractivity contribution in [3.05, 3.63) is 52.7 Å². The largest absolute Gasteiger partial charge is 0.493 e. The third-order valence-corrected chi connectivity index (χ3v) is 6.35. The molecule has 4 rings (SSSR count). The van der Waals surface area contributed by atoms with Gasteiger partial charge in [-0.15, -0.1) is 0 Å². The third-order valence-electron chi connectivity index (χ3n) is 6.35. The average molecular weight is 492 g/mol. The Morgan fingerprint density at radius 3 is 2.66 bits per heavy atom. The van der Waals surface area contributed by atoms with E-state index in [1.165, 1.54) is 5.56 Å². The number of benzene rings is 1. The van der Waals surface area contributed by atoms with E-state index in [1.807, 2.05) is 13.1 Å². The van der Waals surface area contributed by atoms with Gasteiger partial charge in [-0.1, -0.05) is 12.1 Å². The molecule has 1 amide bonds. The molecule has 2 N–H and O–H groups in total. The van der Waals surface area contributed by atoms with Crippen LogP contribution in [0.15, 0.2) is 30.3 Å². The van der Waals surface area contributed by atoms with Crippen molar-refractivity contribution in [2.75, 3.05) is 25.5 Å². The van der Waals surface area contributed by atoms with Gasteiger partial charge < -0.3 is 20.1 Å². The zero-order valence-corrected chi connectivity index (χ0v) is 19.4. The van der Waals surface area contributed by atoms with Gasteiger partial charge in [-0.3, -0.25) is 9.59 Å². The zero-order valence-electron chi connectivity index (χ0n) is 19.4. The summed E-state index contributed by atoms with van der Waals surface area (Å²) in [7, 11) is 1.81. The number of hydrogen-bond acceptors (Lipinski definition) is 5. The number of alkyl halides is 3. The Labute approximate surface area is 201 Å². The van der Waals surface area contributed by atoms with Crippen LogP contribution in [0.4, 0.5) is 19.0 Å². The molecule has 2 heterocycles. The molecule has 7 nitrogen and oxygen atoms in total. The number of ether oxygens (including phenoxy) is 1. The molecule has 188 valence electrons. The van der Waals surface area contributed by atoms with Gasteiger partial charge >= 0.3 is 12.1 Å². The van der Waals surface area contributed by atoms with E-state index in [0.29, 0.717) is 40.7 Å². The highest BCUT2D eigenvalue weighted by molar-refractivity contribution is 5.84. The zero-order chi connectivity index (χ0) is 25.2. The van der Waals surface area contributed by atoms with Crippen molar-refractivity contribution in [2.24, 2.45) is 5.92 Å². The number of aromatic nitrogens is 1. The molecule has 1 aliphatic heterocycles. The van der Waals surface area contributed by atoms with Gasteiger partial charge in [0.15, 0.2) is 0 Å². The highest BCUT2D eigenvalue weighted by atomic mass is 19.4. The van der Waals surface area contributed by atoms with Crippen molar-refractivity contribution in [1.29, 1.82) is 0 Å². The SMILES string of the molecule is CNc1ccc(C2CC2)c(CCOc2ccc3c(c2)CN(CC(F)(F)F)C(=O)[C@H](CC(=O)O)C3)n1. The minimum absolute atomic E-state index is 0.0700. The van der Waals surface area contributed by atoms with Gasteiger partial charge in [-0.25, -0.2) is 4.98 Å². The minimum Gasteiger partial charge on any atom is -0.493 e. The van der Waals surface area contributed by atoms with Gasteiger partial charge in [0.25, 0.3) is 0 Å². The first kappa shape index (κ1) is 24.8. The monoisotopic (exact) mass is 491 g/mol. The first-order valence-electron chi connectivity index (χ1n) is 11.6. The molecule has 1 aliphatic carbocycles. The maximum Gasteiger partial charge on any atom is 0.406 e. The summed E-state index contributed by atoms with van der Waals surface area (Å²) in [6, 6.07) is 9.11. The third kappa shape index (κ3) is 6.43. The highest BCUT2D eigenvalue weighted by Crippen LogP contribution is 2.41.